The minimum Gasteiger partial charge on any atom is -0.354 e. The predicted octanol–water partition coefficient (Wildman–Crippen LogP) is 6.17. The van der Waals surface area contributed by atoms with E-state index in [4.69, 9.17) is 0 Å². The van der Waals surface area contributed by atoms with Crippen LogP contribution in [0.15, 0.2) is 72.9 Å². The number of amides is 2. The van der Waals surface area contributed by atoms with Gasteiger partial charge in [0.05, 0.1) is 21.9 Å². The molecule has 0 bridgehead atoms. The van der Waals surface area contributed by atoms with Crippen LogP contribution in [-0.4, -0.2) is 44.7 Å². The van der Waals surface area contributed by atoms with Gasteiger partial charge in [0.2, 0.25) is 5.91 Å². The molecular formula is C33H32N6O4. The number of hydrogen-bond donors (Lipinski definition) is 3. The summed E-state index contributed by atoms with van der Waals surface area (Å²) in [6.45, 7) is 3.49. The van der Waals surface area contributed by atoms with Crippen LogP contribution in [0.1, 0.15) is 48.2 Å². The zero-order valence-electron chi connectivity index (χ0n) is 23.9. The molecule has 2 aliphatic heterocycles. The van der Waals surface area contributed by atoms with Gasteiger partial charge >= 0.3 is 0 Å². The third-order valence-corrected chi connectivity index (χ3v) is 7.92. The van der Waals surface area contributed by atoms with Gasteiger partial charge in [-0.2, -0.15) is 0 Å². The van der Waals surface area contributed by atoms with Crippen LogP contribution >= 0.6 is 0 Å². The molecule has 0 saturated carbocycles. The smallest absolute Gasteiger partial charge is 0.270 e. The van der Waals surface area contributed by atoms with Crippen molar-refractivity contribution in [3.8, 4) is 11.3 Å². The summed E-state index contributed by atoms with van der Waals surface area (Å²) >= 11 is 0. The zero-order chi connectivity index (χ0) is 29.9. The van der Waals surface area contributed by atoms with Gasteiger partial charge in [0.1, 0.15) is 5.82 Å². The number of aromatic amines is 1. The van der Waals surface area contributed by atoms with Crippen molar-refractivity contribution < 1.29 is 14.5 Å². The van der Waals surface area contributed by atoms with Gasteiger partial charge in [-0.1, -0.05) is 36.4 Å². The van der Waals surface area contributed by atoms with Crippen molar-refractivity contribution in [3.05, 3.63) is 106 Å². The van der Waals surface area contributed by atoms with E-state index >= 15 is 0 Å². The Bertz CT molecular complexity index is 1720. The summed E-state index contributed by atoms with van der Waals surface area (Å²) in [6, 6.07) is 20.1. The molecule has 1 fully saturated rings. The average Bonchev–Trinajstić information content (AvgIpc) is 3.59. The molecule has 43 heavy (non-hydrogen) atoms. The Morgan fingerprint density at radius 2 is 1.84 bits per heavy atom. The quantitative estimate of drug-likeness (QED) is 0.124. The first-order valence-electron chi connectivity index (χ1n) is 14.5. The lowest BCUT2D eigenvalue weighted by molar-refractivity contribution is -0.384. The number of H-pyrrole nitrogens is 1. The van der Waals surface area contributed by atoms with Crippen molar-refractivity contribution in [1.82, 2.24) is 14.9 Å². The molecule has 10 nitrogen and oxygen atoms in total. The molecule has 2 amide bonds. The monoisotopic (exact) mass is 576 g/mol. The fourth-order valence-corrected chi connectivity index (χ4v) is 5.64. The van der Waals surface area contributed by atoms with E-state index in [0.717, 1.165) is 72.7 Å². The second kappa shape index (κ2) is 11.9. The van der Waals surface area contributed by atoms with Crippen LogP contribution in [0, 0.1) is 17.0 Å². The van der Waals surface area contributed by atoms with E-state index in [-0.39, 0.29) is 17.5 Å². The number of likely N-dealkylation sites (tertiary alicyclic amines) is 1. The molecule has 0 spiro atoms. The van der Waals surface area contributed by atoms with Crippen LogP contribution in [-0.2, 0) is 16.0 Å². The van der Waals surface area contributed by atoms with Gasteiger partial charge in [-0.05, 0) is 61.9 Å². The number of carbonyl (C=O) groups is 2. The molecule has 3 heterocycles. The molecule has 0 radical (unpaired) electrons. The molecule has 218 valence electrons. The van der Waals surface area contributed by atoms with Crippen LogP contribution in [0.4, 0.5) is 17.1 Å². The molecule has 3 N–H and O–H groups in total. The number of benzene rings is 3. The highest BCUT2D eigenvalue weighted by molar-refractivity contribution is 6.37. The number of anilines is 2. The Morgan fingerprint density at radius 3 is 2.53 bits per heavy atom. The average molecular weight is 577 g/mol. The van der Waals surface area contributed by atoms with Gasteiger partial charge in [-0.3, -0.25) is 19.7 Å². The SMILES string of the molecule is Cc1nc(-c2ccc(NC(=C3C(=O)Nc4ccc([N+](=O)[O-])cc43)c3ccc(CCCN4CCCCC4=O)cc3)cc2)c[nH]1. The number of piperidine rings is 1. The minimum absolute atomic E-state index is 0.0896. The maximum Gasteiger partial charge on any atom is 0.270 e. The molecule has 0 aliphatic carbocycles. The molecule has 1 aromatic heterocycles. The lowest BCUT2D eigenvalue weighted by atomic mass is 9.98. The minimum atomic E-state index is -0.463. The number of rotatable bonds is 9. The first kappa shape index (κ1) is 27.9. The Hall–Kier alpha value is -5.25. The van der Waals surface area contributed by atoms with E-state index in [9.17, 15) is 19.7 Å². The van der Waals surface area contributed by atoms with Crippen molar-refractivity contribution in [2.24, 2.45) is 0 Å². The van der Waals surface area contributed by atoms with Gasteiger partial charge in [0.15, 0.2) is 0 Å². The normalized spacial score (nSPS) is 15.7. The number of carbonyl (C=O) groups excluding carboxylic acids is 2. The fourth-order valence-electron chi connectivity index (χ4n) is 5.64. The lowest BCUT2D eigenvalue weighted by Crippen LogP contribution is -2.36. The highest BCUT2D eigenvalue weighted by Gasteiger charge is 2.30. The number of nitro benzene ring substituents is 1. The van der Waals surface area contributed by atoms with Crippen LogP contribution in [0.5, 0.6) is 0 Å². The number of nitrogens with zero attached hydrogens (tertiary/aromatic N) is 3. The van der Waals surface area contributed by atoms with E-state index in [0.29, 0.717) is 28.9 Å². The number of aromatic nitrogens is 2. The third kappa shape index (κ3) is 6.04. The van der Waals surface area contributed by atoms with Crippen LogP contribution in [0.25, 0.3) is 22.5 Å². The van der Waals surface area contributed by atoms with Gasteiger partial charge in [0.25, 0.3) is 11.6 Å². The number of nitrogens with one attached hydrogen (secondary N) is 3. The number of aryl methyl sites for hydroxylation is 2. The Kier molecular flexibility index (Phi) is 7.74. The van der Waals surface area contributed by atoms with E-state index < -0.39 is 4.92 Å². The third-order valence-electron chi connectivity index (χ3n) is 7.92. The molecule has 10 heteroatoms. The molecule has 6 rings (SSSR count). The second-order valence-corrected chi connectivity index (χ2v) is 10.9. The molecule has 4 aromatic rings. The Balaban J connectivity index is 1.30. The summed E-state index contributed by atoms with van der Waals surface area (Å²) in [6.07, 6.45) is 6.24. The lowest BCUT2D eigenvalue weighted by Gasteiger charge is -2.26. The van der Waals surface area contributed by atoms with Crippen molar-refractivity contribution >= 4 is 40.1 Å². The van der Waals surface area contributed by atoms with Gasteiger partial charge in [-0.15, -0.1) is 0 Å². The molecule has 2 aliphatic rings. The topological polar surface area (TPSA) is 133 Å². The Morgan fingerprint density at radius 1 is 1.05 bits per heavy atom. The second-order valence-electron chi connectivity index (χ2n) is 10.9. The summed E-state index contributed by atoms with van der Waals surface area (Å²) < 4.78 is 0. The first-order valence-corrected chi connectivity index (χ1v) is 14.5. The summed E-state index contributed by atoms with van der Waals surface area (Å²) in [5.41, 5.74) is 6.22. The number of hydrogen-bond acceptors (Lipinski definition) is 6. The number of nitro groups is 1. The van der Waals surface area contributed by atoms with E-state index in [1.807, 2.05) is 66.6 Å². The van der Waals surface area contributed by atoms with Crippen molar-refractivity contribution in [2.75, 3.05) is 23.7 Å². The standard InChI is InChI=1S/C33H32N6O4/c1-21-34-20-29(35-21)23-11-13-25(14-12-23)36-32(31-27-19-26(39(42)43)15-16-28(27)37-33(31)41)24-9-7-22(8-10-24)5-4-18-38-17-3-2-6-30(38)40/h7-16,19-20,36H,2-6,17-18H2,1H3,(H,34,35)(H,37,41). The first-order chi connectivity index (χ1) is 20.9. The summed E-state index contributed by atoms with van der Waals surface area (Å²) in [5.74, 6) is 0.733. The maximum absolute atomic E-state index is 13.3. The van der Waals surface area contributed by atoms with Crippen molar-refractivity contribution in [1.29, 1.82) is 0 Å². The molecule has 3 aromatic carbocycles. The van der Waals surface area contributed by atoms with E-state index in [1.165, 1.54) is 12.1 Å². The van der Waals surface area contributed by atoms with E-state index in [1.54, 1.807) is 6.07 Å². The summed E-state index contributed by atoms with van der Waals surface area (Å²) in [4.78, 5) is 46.1. The number of imidazole rings is 1. The van der Waals surface area contributed by atoms with Crippen LogP contribution < -0.4 is 10.6 Å². The van der Waals surface area contributed by atoms with Crippen molar-refractivity contribution in [3.63, 3.8) is 0 Å². The molecule has 0 unspecified atom stereocenters. The van der Waals surface area contributed by atoms with Crippen LogP contribution in [0.2, 0.25) is 0 Å². The van der Waals surface area contributed by atoms with Gasteiger partial charge in [0, 0.05) is 60.3 Å². The predicted molar refractivity (Wildman–Crippen MR) is 166 cm³/mol. The van der Waals surface area contributed by atoms with Crippen LogP contribution in [0.3, 0.4) is 0 Å². The Labute approximate surface area is 249 Å². The molecule has 0 atom stereocenters. The maximum atomic E-state index is 13.3. The fraction of sp³-hybridized carbons (Fsp3) is 0.242. The summed E-state index contributed by atoms with van der Waals surface area (Å²) in [7, 11) is 0. The number of fused-ring (bicyclic) bond motifs is 1. The van der Waals surface area contributed by atoms with Gasteiger partial charge in [-0.25, -0.2) is 4.98 Å². The summed E-state index contributed by atoms with van der Waals surface area (Å²) in [5, 5.41) is 17.8. The zero-order valence-corrected chi connectivity index (χ0v) is 23.9. The van der Waals surface area contributed by atoms with E-state index in [2.05, 4.69) is 20.6 Å². The number of non-ortho nitro benzene ring substituents is 1. The van der Waals surface area contributed by atoms with Crippen molar-refractivity contribution in [2.45, 2.75) is 39.0 Å². The highest BCUT2D eigenvalue weighted by atomic mass is 16.6. The highest BCUT2D eigenvalue weighted by Crippen LogP contribution is 2.39. The molecular weight excluding hydrogens is 544 g/mol. The molecule has 1 saturated heterocycles. The van der Waals surface area contributed by atoms with Gasteiger partial charge < -0.3 is 20.5 Å². The largest absolute Gasteiger partial charge is 0.354 e.